The van der Waals surface area contributed by atoms with E-state index in [9.17, 15) is 14.2 Å². The van der Waals surface area contributed by atoms with E-state index in [0.717, 1.165) is 0 Å². The Bertz CT molecular complexity index is 306. The summed E-state index contributed by atoms with van der Waals surface area (Å²) in [6, 6.07) is 0. The van der Waals surface area contributed by atoms with E-state index < -0.39 is 26.2 Å². The van der Waals surface area contributed by atoms with Crippen LogP contribution in [0.4, 0.5) is 0 Å². The molecule has 0 rings (SSSR count). The average molecular weight is 276 g/mol. The van der Waals surface area contributed by atoms with Crippen LogP contribution >= 0.6 is 15.2 Å². The molecule has 0 bridgehead atoms. The zero-order chi connectivity index (χ0) is 13.4. The molecular weight excluding hydrogens is 258 g/mol. The van der Waals surface area contributed by atoms with Crippen molar-refractivity contribution in [3.05, 3.63) is 0 Å². The van der Waals surface area contributed by atoms with Gasteiger partial charge in [-0.1, -0.05) is 20.8 Å². The maximum atomic E-state index is 11.1. The van der Waals surface area contributed by atoms with E-state index in [2.05, 4.69) is 0 Å². The molecule has 0 aromatic rings. The molecule has 1 atom stereocenters. The van der Waals surface area contributed by atoms with Crippen LogP contribution in [-0.4, -0.2) is 29.8 Å². The molecule has 0 aromatic carbocycles. The monoisotopic (exact) mass is 276 g/mol. The molecule has 0 spiro atoms. The summed E-state index contributed by atoms with van der Waals surface area (Å²) in [5.41, 5.74) is 0. The molecule has 7 nitrogen and oxygen atoms in total. The average Bonchev–Trinajstić information content (AvgIpc) is 1.96. The highest BCUT2D eigenvalue weighted by atomic mass is 31.2. The summed E-state index contributed by atoms with van der Waals surface area (Å²) >= 11 is 0. The van der Waals surface area contributed by atoms with Crippen LogP contribution in [0.25, 0.3) is 0 Å². The maximum absolute atomic E-state index is 11.1. The topological polar surface area (TPSA) is 135 Å². The number of rotatable bonds is 5. The fourth-order valence-corrected chi connectivity index (χ4v) is 4.33. The van der Waals surface area contributed by atoms with E-state index in [-0.39, 0.29) is 12.3 Å². The van der Waals surface area contributed by atoms with Gasteiger partial charge in [0.05, 0.1) is 0 Å². The number of aliphatic hydroxyl groups is 1. The minimum atomic E-state index is -5.33. The summed E-state index contributed by atoms with van der Waals surface area (Å²) in [6.07, 6.45) is 0.0900. The van der Waals surface area contributed by atoms with Crippen molar-refractivity contribution < 1.29 is 33.8 Å². The van der Waals surface area contributed by atoms with E-state index in [1.807, 2.05) is 0 Å². The van der Waals surface area contributed by atoms with Crippen molar-refractivity contribution in [2.24, 2.45) is 11.8 Å². The number of hydrogen-bond donors (Lipinski definition) is 5. The molecule has 0 aliphatic carbocycles. The minimum absolute atomic E-state index is 0.0559. The van der Waals surface area contributed by atoms with Crippen molar-refractivity contribution in [3.8, 4) is 0 Å². The van der Waals surface area contributed by atoms with Crippen LogP contribution in [0.3, 0.4) is 0 Å². The predicted octanol–water partition coefficient (Wildman–Crippen LogP) is 0.670. The van der Waals surface area contributed by atoms with Crippen LogP contribution in [0.5, 0.6) is 0 Å². The molecular formula is C7H18O7P2. The first-order chi connectivity index (χ1) is 6.84. The normalized spacial score (nSPS) is 16.6. The van der Waals surface area contributed by atoms with Crippen LogP contribution < -0.4 is 0 Å². The first-order valence-electron chi connectivity index (χ1n) is 4.67. The van der Waals surface area contributed by atoms with E-state index >= 15 is 0 Å². The van der Waals surface area contributed by atoms with E-state index in [1.165, 1.54) is 6.92 Å². The Labute approximate surface area is 93.8 Å². The van der Waals surface area contributed by atoms with Gasteiger partial charge in [0, 0.05) is 5.92 Å². The lowest BCUT2D eigenvalue weighted by Gasteiger charge is -2.35. The summed E-state index contributed by atoms with van der Waals surface area (Å²) < 4.78 is 22.2. The van der Waals surface area contributed by atoms with Gasteiger partial charge in [-0.3, -0.25) is 9.13 Å². The van der Waals surface area contributed by atoms with Gasteiger partial charge in [-0.05, 0) is 12.3 Å². The second-order valence-electron chi connectivity index (χ2n) is 4.31. The van der Waals surface area contributed by atoms with Crippen LogP contribution in [-0.2, 0) is 9.13 Å². The van der Waals surface area contributed by atoms with Crippen LogP contribution in [0, 0.1) is 11.8 Å². The highest BCUT2D eigenvalue weighted by Crippen LogP contribution is 2.71. The Morgan fingerprint density at radius 3 is 1.50 bits per heavy atom. The lowest BCUT2D eigenvalue weighted by Crippen LogP contribution is -2.36. The van der Waals surface area contributed by atoms with E-state index in [0.29, 0.717) is 0 Å². The molecule has 0 aliphatic rings. The Morgan fingerprint density at radius 2 is 1.31 bits per heavy atom. The summed E-state index contributed by atoms with van der Waals surface area (Å²) in [6.45, 7) is 4.64. The van der Waals surface area contributed by atoms with Gasteiger partial charge in [0.25, 0.3) is 5.08 Å². The molecule has 0 heterocycles. The summed E-state index contributed by atoms with van der Waals surface area (Å²) in [5, 5.41) is 6.37. The summed E-state index contributed by atoms with van der Waals surface area (Å²) in [7, 11) is -10.7. The highest BCUT2D eigenvalue weighted by Gasteiger charge is 2.62. The third kappa shape index (κ3) is 3.14. The fraction of sp³-hybridized carbons (Fsp3) is 1.00. The van der Waals surface area contributed by atoms with Crippen LogP contribution in [0.1, 0.15) is 27.2 Å². The molecule has 0 fully saturated rings. The van der Waals surface area contributed by atoms with Gasteiger partial charge in [-0.25, -0.2) is 0 Å². The maximum Gasteiger partial charge on any atom is 0.369 e. The van der Waals surface area contributed by atoms with Gasteiger partial charge >= 0.3 is 15.2 Å². The van der Waals surface area contributed by atoms with Crippen molar-refractivity contribution in [3.63, 3.8) is 0 Å². The van der Waals surface area contributed by atoms with Gasteiger partial charge in [0.2, 0.25) is 0 Å². The molecule has 0 aliphatic heterocycles. The standard InChI is InChI=1S/C7H18O7P2/c1-5(2)4-6(3)7(8,15(9,10)11)16(12,13)14/h5-6,8H,4H2,1-3H3,(H2,9,10,11)(H2,12,13,14). The Balaban J connectivity index is 5.45. The molecule has 0 aromatic heterocycles. The van der Waals surface area contributed by atoms with Crippen LogP contribution in [0.15, 0.2) is 0 Å². The Hall–Kier alpha value is 0.260. The predicted molar refractivity (Wildman–Crippen MR) is 57.7 cm³/mol. The molecule has 0 radical (unpaired) electrons. The van der Waals surface area contributed by atoms with Gasteiger partial charge in [-0.2, -0.15) is 0 Å². The van der Waals surface area contributed by atoms with Crippen molar-refractivity contribution in [1.29, 1.82) is 0 Å². The molecule has 0 saturated carbocycles. The zero-order valence-electron chi connectivity index (χ0n) is 9.31. The Kier molecular flexibility index (Phi) is 4.94. The summed E-state index contributed by atoms with van der Waals surface area (Å²) in [5.74, 6) is -1.27. The Morgan fingerprint density at radius 1 is 1.00 bits per heavy atom. The lowest BCUT2D eigenvalue weighted by atomic mass is 9.99. The van der Waals surface area contributed by atoms with Crippen molar-refractivity contribution in [2.75, 3.05) is 0 Å². The molecule has 5 N–H and O–H groups in total. The molecule has 98 valence electrons. The van der Waals surface area contributed by atoms with Gasteiger partial charge in [0.15, 0.2) is 0 Å². The van der Waals surface area contributed by atoms with Crippen molar-refractivity contribution in [1.82, 2.24) is 0 Å². The third-order valence-corrected chi connectivity index (χ3v) is 6.50. The van der Waals surface area contributed by atoms with E-state index in [4.69, 9.17) is 19.6 Å². The minimum Gasteiger partial charge on any atom is -0.367 e. The van der Waals surface area contributed by atoms with Crippen molar-refractivity contribution >= 4 is 15.2 Å². The molecule has 1 unspecified atom stereocenters. The lowest BCUT2D eigenvalue weighted by molar-refractivity contribution is 0.0764. The van der Waals surface area contributed by atoms with Gasteiger partial charge in [-0.15, -0.1) is 0 Å². The molecule has 16 heavy (non-hydrogen) atoms. The van der Waals surface area contributed by atoms with Gasteiger partial charge < -0.3 is 24.7 Å². The summed E-state index contributed by atoms with van der Waals surface area (Å²) in [4.78, 5) is 35.7. The van der Waals surface area contributed by atoms with E-state index in [1.54, 1.807) is 13.8 Å². The zero-order valence-corrected chi connectivity index (χ0v) is 11.1. The molecule has 0 saturated heterocycles. The molecule has 9 heteroatoms. The number of hydrogen-bond acceptors (Lipinski definition) is 3. The molecule has 0 amide bonds. The second-order valence-corrected chi connectivity index (χ2v) is 8.20. The fourth-order valence-electron chi connectivity index (χ4n) is 1.61. The first kappa shape index (κ1) is 16.3. The first-order valence-corrected chi connectivity index (χ1v) is 7.90. The van der Waals surface area contributed by atoms with Crippen LogP contribution in [0.2, 0.25) is 0 Å². The van der Waals surface area contributed by atoms with Gasteiger partial charge in [0.1, 0.15) is 0 Å². The SMILES string of the molecule is CC(C)CC(C)C(O)(P(=O)(O)O)P(=O)(O)O. The smallest absolute Gasteiger partial charge is 0.367 e. The second kappa shape index (κ2) is 4.86. The van der Waals surface area contributed by atoms with Crippen molar-refractivity contribution in [2.45, 2.75) is 32.3 Å². The quantitative estimate of drug-likeness (QED) is 0.465. The largest absolute Gasteiger partial charge is 0.369 e. The third-order valence-electron chi connectivity index (χ3n) is 2.34. The highest BCUT2D eigenvalue weighted by molar-refractivity contribution is 7.72.